The first kappa shape index (κ1) is 16.2. The van der Waals surface area contributed by atoms with Crippen LogP contribution in [0.15, 0.2) is 53.2 Å². The zero-order valence-electron chi connectivity index (χ0n) is 11.9. The number of hydrogen-bond acceptors (Lipinski definition) is 5. The Bertz CT molecular complexity index is 905. The van der Waals surface area contributed by atoms with Crippen LogP contribution in [0.4, 0.5) is 5.69 Å². The number of esters is 1. The maximum atomic E-state index is 11.9. The van der Waals surface area contributed by atoms with Gasteiger partial charge in [-0.1, -0.05) is 29.3 Å². The van der Waals surface area contributed by atoms with Gasteiger partial charge in [-0.05, 0) is 35.9 Å². The fourth-order valence-electron chi connectivity index (χ4n) is 2.04. The summed E-state index contributed by atoms with van der Waals surface area (Å²) < 4.78 is 5.12. The molecule has 2 aromatic carbocycles. The van der Waals surface area contributed by atoms with Gasteiger partial charge in [-0.25, -0.2) is 9.79 Å². The van der Waals surface area contributed by atoms with E-state index in [0.717, 1.165) is 0 Å². The van der Waals surface area contributed by atoms with Gasteiger partial charge < -0.3 is 4.74 Å². The predicted molar refractivity (Wildman–Crippen MR) is 90.2 cm³/mol. The van der Waals surface area contributed by atoms with E-state index in [1.165, 1.54) is 30.3 Å². The van der Waals surface area contributed by atoms with Crippen LogP contribution in [0, 0.1) is 10.1 Å². The lowest BCUT2D eigenvalue weighted by Crippen LogP contribution is -2.06. The second-order valence-corrected chi connectivity index (χ2v) is 5.57. The van der Waals surface area contributed by atoms with Crippen molar-refractivity contribution >= 4 is 46.8 Å². The van der Waals surface area contributed by atoms with Gasteiger partial charge in [0.05, 0.1) is 20.5 Å². The van der Waals surface area contributed by atoms with Crippen LogP contribution in [-0.4, -0.2) is 16.8 Å². The fourth-order valence-corrected chi connectivity index (χ4v) is 2.42. The number of aliphatic imine (C=N–C) groups is 1. The monoisotopic (exact) mass is 362 g/mol. The SMILES string of the molecule is O=C1OC(c2cccc(Cl)c2Cl)=NC1=Cc1ccc([N+](=O)[O-])cc1. The number of nitro groups is 1. The lowest BCUT2D eigenvalue weighted by molar-refractivity contribution is -0.384. The van der Waals surface area contributed by atoms with Crippen LogP contribution >= 0.6 is 23.2 Å². The van der Waals surface area contributed by atoms with E-state index in [-0.39, 0.29) is 22.3 Å². The molecule has 8 heteroatoms. The molecule has 0 aromatic heterocycles. The molecular weight excluding hydrogens is 355 g/mol. The predicted octanol–water partition coefficient (Wildman–Crippen LogP) is 4.25. The van der Waals surface area contributed by atoms with E-state index in [9.17, 15) is 14.9 Å². The molecule has 0 saturated heterocycles. The molecule has 0 amide bonds. The maximum absolute atomic E-state index is 11.9. The molecule has 0 unspecified atom stereocenters. The van der Waals surface area contributed by atoms with Crippen LogP contribution < -0.4 is 0 Å². The molecule has 0 fully saturated rings. The van der Waals surface area contributed by atoms with Crippen molar-refractivity contribution in [3.63, 3.8) is 0 Å². The Kier molecular flexibility index (Phi) is 4.33. The number of hydrogen-bond donors (Lipinski definition) is 0. The second-order valence-electron chi connectivity index (χ2n) is 4.79. The number of carbonyl (C=O) groups is 1. The van der Waals surface area contributed by atoms with Crippen molar-refractivity contribution < 1.29 is 14.5 Å². The van der Waals surface area contributed by atoms with E-state index in [1.807, 2.05) is 0 Å². The summed E-state index contributed by atoms with van der Waals surface area (Å²) in [6.45, 7) is 0. The van der Waals surface area contributed by atoms with Crippen molar-refractivity contribution in [2.75, 3.05) is 0 Å². The van der Waals surface area contributed by atoms with Gasteiger partial charge in [0.1, 0.15) is 0 Å². The highest BCUT2D eigenvalue weighted by Gasteiger charge is 2.26. The Morgan fingerprint density at radius 3 is 2.50 bits per heavy atom. The standard InChI is InChI=1S/C16H8Cl2N2O4/c17-12-3-1-2-11(14(12)18)15-19-13(16(21)24-15)8-9-4-6-10(7-5-9)20(22)23/h1-8H. The number of ether oxygens (including phenoxy) is 1. The largest absolute Gasteiger partial charge is 0.402 e. The molecule has 24 heavy (non-hydrogen) atoms. The molecule has 1 aliphatic rings. The number of benzene rings is 2. The van der Waals surface area contributed by atoms with Crippen molar-refractivity contribution in [2.45, 2.75) is 0 Å². The van der Waals surface area contributed by atoms with Crippen LogP contribution in [0.25, 0.3) is 6.08 Å². The molecule has 0 spiro atoms. The third-order valence-corrected chi connectivity index (χ3v) is 4.03. The summed E-state index contributed by atoms with van der Waals surface area (Å²) in [6, 6.07) is 10.6. The van der Waals surface area contributed by atoms with Crippen molar-refractivity contribution in [2.24, 2.45) is 4.99 Å². The third-order valence-electron chi connectivity index (χ3n) is 3.21. The van der Waals surface area contributed by atoms with Crippen molar-refractivity contribution in [3.05, 3.63) is 79.4 Å². The van der Waals surface area contributed by atoms with Gasteiger partial charge in [0.2, 0.25) is 5.90 Å². The van der Waals surface area contributed by atoms with E-state index < -0.39 is 10.9 Å². The number of halogens is 2. The fraction of sp³-hybridized carbons (Fsp3) is 0. The van der Waals surface area contributed by atoms with Gasteiger partial charge in [0.15, 0.2) is 5.70 Å². The molecule has 3 rings (SSSR count). The number of carbonyl (C=O) groups excluding carboxylic acids is 1. The van der Waals surface area contributed by atoms with Crippen LogP contribution in [0.1, 0.15) is 11.1 Å². The maximum Gasteiger partial charge on any atom is 0.363 e. The minimum Gasteiger partial charge on any atom is -0.402 e. The Morgan fingerprint density at radius 2 is 1.83 bits per heavy atom. The molecule has 0 aliphatic carbocycles. The molecule has 1 aliphatic heterocycles. The lowest BCUT2D eigenvalue weighted by atomic mass is 10.2. The first-order chi connectivity index (χ1) is 11.5. The highest BCUT2D eigenvalue weighted by atomic mass is 35.5. The molecule has 0 atom stereocenters. The molecule has 0 N–H and O–H groups in total. The van der Waals surface area contributed by atoms with Gasteiger partial charge in [0, 0.05) is 12.1 Å². The molecule has 6 nitrogen and oxygen atoms in total. The van der Waals surface area contributed by atoms with E-state index in [0.29, 0.717) is 16.1 Å². The first-order valence-corrected chi connectivity index (χ1v) is 7.42. The Hall–Kier alpha value is -2.70. The van der Waals surface area contributed by atoms with Crippen LogP contribution in [0.5, 0.6) is 0 Å². The van der Waals surface area contributed by atoms with Crippen molar-refractivity contribution in [3.8, 4) is 0 Å². The number of nitrogens with zero attached hydrogens (tertiary/aromatic N) is 2. The minimum atomic E-state index is -0.639. The second kappa shape index (κ2) is 6.43. The Morgan fingerprint density at radius 1 is 1.12 bits per heavy atom. The summed E-state index contributed by atoms with van der Waals surface area (Å²) in [4.78, 5) is 26.2. The topological polar surface area (TPSA) is 81.8 Å². The van der Waals surface area contributed by atoms with E-state index >= 15 is 0 Å². The van der Waals surface area contributed by atoms with Gasteiger partial charge in [-0.2, -0.15) is 0 Å². The smallest absolute Gasteiger partial charge is 0.363 e. The van der Waals surface area contributed by atoms with Crippen LogP contribution in [0.3, 0.4) is 0 Å². The Labute approximate surface area is 146 Å². The van der Waals surface area contributed by atoms with E-state index in [4.69, 9.17) is 27.9 Å². The van der Waals surface area contributed by atoms with Gasteiger partial charge in [-0.3, -0.25) is 10.1 Å². The molecule has 0 bridgehead atoms. The highest BCUT2D eigenvalue weighted by molar-refractivity contribution is 6.44. The minimum absolute atomic E-state index is 0.0407. The summed E-state index contributed by atoms with van der Waals surface area (Å²) in [6.07, 6.45) is 1.47. The van der Waals surface area contributed by atoms with E-state index in [1.54, 1.807) is 18.2 Å². The number of nitro benzene ring substituents is 1. The summed E-state index contributed by atoms with van der Waals surface area (Å²) >= 11 is 12.0. The summed E-state index contributed by atoms with van der Waals surface area (Å²) in [5.74, 6) is -0.583. The lowest BCUT2D eigenvalue weighted by Gasteiger charge is -2.03. The normalized spacial score (nSPS) is 15.3. The summed E-state index contributed by atoms with van der Waals surface area (Å²) in [5.41, 5.74) is 1.01. The molecular formula is C16H8Cl2N2O4. The molecule has 2 aromatic rings. The molecule has 1 heterocycles. The zero-order chi connectivity index (χ0) is 17.3. The van der Waals surface area contributed by atoms with Crippen molar-refractivity contribution in [1.29, 1.82) is 0 Å². The number of rotatable bonds is 3. The quantitative estimate of drug-likeness (QED) is 0.353. The Balaban J connectivity index is 1.94. The number of cyclic esters (lactones) is 1. The molecule has 0 saturated carbocycles. The molecule has 120 valence electrons. The van der Waals surface area contributed by atoms with E-state index in [2.05, 4.69) is 4.99 Å². The zero-order valence-corrected chi connectivity index (χ0v) is 13.4. The highest BCUT2D eigenvalue weighted by Crippen LogP contribution is 2.29. The number of non-ortho nitro benzene ring substituents is 1. The average molecular weight is 363 g/mol. The first-order valence-electron chi connectivity index (χ1n) is 6.67. The average Bonchev–Trinajstić information content (AvgIpc) is 2.91. The van der Waals surface area contributed by atoms with Gasteiger partial charge >= 0.3 is 5.97 Å². The summed E-state index contributed by atoms with van der Waals surface area (Å²) in [7, 11) is 0. The van der Waals surface area contributed by atoms with Crippen molar-refractivity contribution in [1.82, 2.24) is 0 Å². The van der Waals surface area contributed by atoms with Gasteiger partial charge in [0.25, 0.3) is 5.69 Å². The molecule has 0 radical (unpaired) electrons. The van der Waals surface area contributed by atoms with Crippen LogP contribution in [-0.2, 0) is 9.53 Å². The summed E-state index contributed by atoms with van der Waals surface area (Å²) in [5, 5.41) is 11.2. The van der Waals surface area contributed by atoms with Crippen LogP contribution in [0.2, 0.25) is 10.0 Å². The third kappa shape index (κ3) is 3.15. The van der Waals surface area contributed by atoms with Gasteiger partial charge in [-0.15, -0.1) is 0 Å².